The molecule has 4 nitrogen and oxygen atoms in total. The number of carbonyl (C=O) groups is 1. The zero-order valence-corrected chi connectivity index (χ0v) is 11.3. The van der Waals surface area contributed by atoms with Crippen LogP contribution >= 0.6 is 0 Å². The number of alkyl halides is 3. The first-order chi connectivity index (χ1) is 9.06. The van der Waals surface area contributed by atoms with Crippen LogP contribution in [0.3, 0.4) is 0 Å². The molecule has 0 bridgehead atoms. The Bertz CT molecular complexity index is 543. The van der Waals surface area contributed by atoms with E-state index in [2.05, 4.69) is 0 Å². The molecule has 1 aliphatic heterocycles. The molecule has 1 unspecified atom stereocenters. The second kappa shape index (κ2) is 4.37. The molecule has 1 atom stereocenters. The minimum absolute atomic E-state index is 0.0229. The van der Waals surface area contributed by atoms with Crippen molar-refractivity contribution in [2.45, 2.75) is 31.8 Å². The van der Waals surface area contributed by atoms with Gasteiger partial charge in [-0.3, -0.25) is 4.90 Å². The van der Waals surface area contributed by atoms with Crippen LogP contribution in [0.5, 0.6) is 0 Å². The number of hydrogen-bond donors (Lipinski definition) is 1. The Hall–Kier alpha value is -1.76. The Labute approximate surface area is 114 Å². The highest BCUT2D eigenvalue weighted by molar-refractivity contribution is 5.95. The minimum Gasteiger partial charge on any atom is -0.371 e. The predicted molar refractivity (Wildman–Crippen MR) is 67.2 cm³/mol. The topological polar surface area (TPSA) is 43.8 Å². The van der Waals surface area contributed by atoms with Crippen molar-refractivity contribution in [2.24, 2.45) is 0 Å². The van der Waals surface area contributed by atoms with E-state index in [1.807, 2.05) is 0 Å². The highest BCUT2D eigenvalue weighted by Crippen LogP contribution is 2.36. The smallest absolute Gasteiger partial charge is 0.371 e. The fraction of sp³-hybridized carbons (Fsp3) is 0.462. The van der Waals surface area contributed by atoms with E-state index in [1.165, 1.54) is 24.1 Å². The quantitative estimate of drug-likeness (QED) is 0.863. The van der Waals surface area contributed by atoms with Gasteiger partial charge in [-0.25, -0.2) is 4.79 Å². The van der Waals surface area contributed by atoms with Crippen molar-refractivity contribution in [2.75, 3.05) is 11.9 Å². The molecule has 1 fully saturated rings. The lowest BCUT2D eigenvalue weighted by molar-refractivity contribution is -0.137. The average molecular weight is 288 g/mol. The molecular formula is C13H15F3N2O2. The van der Waals surface area contributed by atoms with Gasteiger partial charge >= 0.3 is 12.2 Å². The maximum atomic E-state index is 12.7. The molecule has 0 saturated carbocycles. The lowest BCUT2D eigenvalue weighted by atomic mass is 10.0. The summed E-state index contributed by atoms with van der Waals surface area (Å²) < 4.78 is 38.1. The number of amides is 2. The van der Waals surface area contributed by atoms with Gasteiger partial charge in [0.1, 0.15) is 0 Å². The van der Waals surface area contributed by atoms with E-state index in [0.29, 0.717) is 0 Å². The van der Waals surface area contributed by atoms with Crippen LogP contribution in [0.2, 0.25) is 0 Å². The lowest BCUT2D eigenvalue weighted by Crippen LogP contribution is -2.45. The maximum absolute atomic E-state index is 12.7. The molecule has 20 heavy (non-hydrogen) atoms. The first-order valence-electron chi connectivity index (χ1n) is 5.99. The first kappa shape index (κ1) is 14.6. The Balaban J connectivity index is 2.45. The van der Waals surface area contributed by atoms with Gasteiger partial charge in [-0.05, 0) is 32.0 Å². The molecule has 1 heterocycles. The molecular weight excluding hydrogens is 273 g/mol. The number of aliphatic hydroxyl groups excluding tert-OH is 1. The lowest BCUT2D eigenvalue weighted by Gasteiger charge is -2.29. The minimum atomic E-state index is -4.49. The zero-order chi connectivity index (χ0) is 15.3. The number of nitrogens with zero attached hydrogens (tertiary/aromatic N) is 2. The molecule has 0 radical (unpaired) electrons. The van der Waals surface area contributed by atoms with Gasteiger partial charge in [0.25, 0.3) is 0 Å². The van der Waals surface area contributed by atoms with Crippen molar-refractivity contribution >= 4 is 11.7 Å². The molecule has 1 aliphatic rings. The van der Waals surface area contributed by atoms with Crippen LogP contribution in [0.25, 0.3) is 0 Å². The van der Waals surface area contributed by atoms with Crippen LogP contribution in [0.15, 0.2) is 24.3 Å². The fourth-order valence-electron chi connectivity index (χ4n) is 2.09. The van der Waals surface area contributed by atoms with Gasteiger partial charge in [0.2, 0.25) is 0 Å². The van der Waals surface area contributed by atoms with Crippen LogP contribution in [-0.4, -0.2) is 34.9 Å². The molecule has 1 N–H and O–H groups in total. The van der Waals surface area contributed by atoms with Crippen molar-refractivity contribution in [1.82, 2.24) is 4.90 Å². The number of benzene rings is 1. The average Bonchev–Trinajstić information content (AvgIpc) is 2.50. The molecule has 1 saturated heterocycles. The van der Waals surface area contributed by atoms with Crippen molar-refractivity contribution in [3.63, 3.8) is 0 Å². The predicted octanol–water partition coefficient (Wildman–Crippen LogP) is 2.67. The summed E-state index contributed by atoms with van der Waals surface area (Å²) in [5.41, 5.74) is -1.72. The number of anilines is 1. The number of rotatable bonds is 1. The monoisotopic (exact) mass is 288 g/mol. The van der Waals surface area contributed by atoms with Gasteiger partial charge in [0.05, 0.1) is 11.1 Å². The van der Waals surface area contributed by atoms with E-state index in [-0.39, 0.29) is 5.69 Å². The van der Waals surface area contributed by atoms with Crippen LogP contribution < -0.4 is 4.90 Å². The molecule has 7 heteroatoms. The summed E-state index contributed by atoms with van der Waals surface area (Å²) in [5.74, 6) is 0. The summed E-state index contributed by atoms with van der Waals surface area (Å²) in [6.45, 7) is 3.28. The number of urea groups is 1. The van der Waals surface area contributed by atoms with Gasteiger partial charge < -0.3 is 10.0 Å². The Morgan fingerprint density at radius 2 is 1.90 bits per heavy atom. The van der Waals surface area contributed by atoms with Crippen LogP contribution in [-0.2, 0) is 6.18 Å². The first-order valence-corrected chi connectivity index (χ1v) is 5.99. The summed E-state index contributed by atoms with van der Waals surface area (Å²) in [6.07, 6.45) is -5.71. The number of hydrogen-bond acceptors (Lipinski definition) is 2. The largest absolute Gasteiger partial charge is 0.416 e. The Kier molecular flexibility index (Phi) is 3.20. The van der Waals surface area contributed by atoms with E-state index in [4.69, 9.17) is 0 Å². The van der Waals surface area contributed by atoms with Gasteiger partial charge in [0.15, 0.2) is 6.23 Å². The zero-order valence-electron chi connectivity index (χ0n) is 11.3. The van der Waals surface area contributed by atoms with E-state index in [1.54, 1.807) is 13.8 Å². The van der Waals surface area contributed by atoms with Crippen LogP contribution in [0.4, 0.5) is 23.7 Å². The highest BCUT2D eigenvalue weighted by Gasteiger charge is 2.49. The Morgan fingerprint density at radius 1 is 1.30 bits per heavy atom. The maximum Gasteiger partial charge on any atom is 0.416 e. The molecule has 110 valence electrons. The van der Waals surface area contributed by atoms with Gasteiger partial charge in [-0.15, -0.1) is 0 Å². The normalized spacial score (nSPS) is 22.6. The van der Waals surface area contributed by atoms with Crippen molar-refractivity contribution < 1.29 is 23.1 Å². The summed E-state index contributed by atoms with van der Waals surface area (Å²) in [4.78, 5) is 14.4. The third-order valence-electron chi connectivity index (χ3n) is 3.69. The van der Waals surface area contributed by atoms with Crippen molar-refractivity contribution in [3.05, 3.63) is 29.8 Å². The summed E-state index contributed by atoms with van der Waals surface area (Å²) in [7, 11) is 1.50. The molecule has 0 aromatic heterocycles. The molecule has 2 amide bonds. The number of aliphatic hydroxyl groups is 1. The van der Waals surface area contributed by atoms with E-state index in [0.717, 1.165) is 17.0 Å². The Morgan fingerprint density at radius 3 is 2.35 bits per heavy atom. The summed E-state index contributed by atoms with van der Waals surface area (Å²) >= 11 is 0. The molecule has 2 rings (SSSR count). The van der Waals surface area contributed by atoms with E-state index < -0.39 is 29.5 Å². The number of halogens is 3. The molecule has 1 aromatic rings. The second-order valence-electron chi connectivity index (χ2n) is 5.29. The summed E-state index contributed by atoms with van der Waals surface area (Å²) in [5, 5.41) is 10.2. The molecule has 0 spiro atoms. The third-order valence-corrected chi connectivity index (χ3v) is 3.69. The summed E-state index contributed by atoms with van der Waals surface area (Å²) in [6, 6.07) is 3.82. The fourth-order valence-corrected chi connectivity index (χ4v) is 2.09. The molecule has 1 aromatic carbocycles. The molecule has 0 aliphatic carbocycles. The second-order valence-corrected chi connectivity index (χ2v) is 5.29. The SMILES string of the molecule is CN1C(=O)N(c2cccc(C(F)(F)F)c2)C(O)C1(C)C. The third kappa shape index (κ3) is 2.11. The standard InChI is InChI=1S/C13H15F3N2O2/c1-12(2)10(19)18(11(20)17(12)3)9-6-4-5-8(7-9)13(14,15)16/h4-7,10,19H,1-3H3. The highest BCUT2D eigenvalue weighted by atomic mass is 19.4. The van der Waals surface area contributed by atoms with Crippen LogP contribution in [0.1, 0.15) is 19.4 Å². The van der Waals surface area contributed by atoms with Crippen LogP contribution in [0, 0.1) is 0 Å². The van der Waals surface area contributed by atoms with Gasteiger partial charge in [-0.2, -0.15) is 13.2 Å². The van der Waals surface area contributed by atoms with E-state index >= 15 is 0 Å². The van der Waals surface area contributed by atoms with Crippen molar-refractivity contribution in [3.8, 4) is 0 Å². The number of carbonyl (C=O) groups excluding carboxylic acids is 1. The number of likely N-dealkylation sites (N-methyl/N-ethyl adjacent to an activating group) is 1. The van der Waals surface area contributed by atoms with Gasteiger partial charge in [-0.1, -0.05) is 6.07 Å². The van der Waals surface area contributed by atoms with E-state index in [9.17, 15) is 23.1 Å². The van der Waals surface area contributed by atoms with Gasteiger partial charge in [0, 0.05) is 12.7 Å². The van der Waals surface area contributed by atoms with Crippen molar-refractivity contribution in [1.29, 1.82) is 0 Å².